The highest BCUT2D eigenvalue weighted by Crippen LogP contribution is 2.22. The number of esters is 1. The number of thiophene rings is 1. The Kier molecular flexibility index (Phi) is 5.56. The third-order valence-electron chi connectivity index (χ3n) is 3.75. The molecule has 2 unspecified atom stereocenters. The lowest BCUT2D eigenvalue weighted by Crippen LogP contribution is -2.49. The van der Waals surface area contributed by atoms with E-state index in [0.717, 1.165) is 24.1 Å². The molecule has 0 radical (unpaired) electrons. The van der Waals surface area contributed by atoms with Gasteiger partial charge in [0, 0.05) is 23.0 Å². The summed E-state index contributed by atoms with van der Waals surface area (Å²) in [5.74, 6) is -0.582. The first-order chi connectivity index (χ1) is 10.1. The minimum Gasteiger partial charge on any atom is -0.452 e. The Labute approximate surface area is 129 Å². The van der Waals surface area contributed by atoms with Crippen molar-refractivity contribution >= 4 is 29.3 Å². The van der Waals surface area contributed by atoms with Crippen molar-refractivity contribution in [2.24, 2.45) is 0 Å². The maximum absolute atomic E-state index is 12.2. The number of carbonyl (C=O) groups is 2. The van der Waals surface area contributed by atoms with E-state index in [0.29, 0.717) is 0 Å². The summed E-state index contributed by atoms with van der Waals surface area (Å²) in [7, 11) is 0. The average molecular weight is 307 g/mol. The molecular formula is C16H21NO3S. The second-order valence-corrected chi connectivity index (χ2v) is 6.37. The zero-order valence-electron chi connectivity index (χ0n) is 12.5. The molecule has 0 saturated carbocycles. The number of nitrogens with zero attached hydrogens (tertiary/aromatic N) is 1. The van der Waals surface area contributed by atoms with Gasteiger partial charge in [0.25, 0.3) is 5.91 Å². The van der Waals surface area contributed by atoms with Crippen LogP contribution in [-0.4, -0.2) is 35.5 Å². The summed E-state index contributed by atoms with van der Waals surface area (Å²) < 4.78 is 5.04. The Hall–Kier alpha value is -1.62. The molecule has 1 saturated heterocycles. The van der Waals surface area contributed by atoms with Gasteiger partial charge in [-0.05, 0) is 50.6 Å². The molecule has 1 aromatic rings. The SMILES string of the molecule is CC1CCCC(C)N1C(=O)COC(=O)C=Cc1cccs1. The zero-order valence-corrected chi connectivity index (χ0v) is 13.3. The minimum atomic E-state index is -0.478. The van der Waals surface area contributed by atoms with Crippen molar-refractivity contribution in [3.8, 4) is 0 Å². The van der Waals surface area contributed by atoms with Crippen molar-refractivity contribution in [1.29, 1.82) is 0 Å². The molecule has 0 spiro atoms. The van der Waals surface area contributed by atoms with Crippen LogP contribution in [0.5, 0.6) is 0 Å². The molecule has 1 aliphatic rings. The highest BCUT2D eigenvalue weighted by Gasteiger charge is 2.29. The van der Waals surface area contributed by atoms with Crippen LogP contribution in [-0.2, 0) is 14.3 Å². The maximum atomic E-state index is 12.2. The number of likely N-dealkylation sites (tertiary alicyclic amines) is 1. The Morgan fingerprint density at radius 3 is 2.71 bits per heavy atom. The molecule has 0 aromatic carbocycles. The van der Waals surface area contributed by atoms with Gasteiger partial charge in [-0.2, -0.15) is 0 Å². The lowest BCUT2D eigenvalue weighted by molar-refractivity contribution is -0.151. The number of amides is 1. The number of ether oxygens (including phenoxy) is 1. The lowest BCUT2D eigenvalue weighted by Gasteiger charge is -2.38. The van der Waals surface area contributed by atoms with Gasteiger partial charge in [0.1, 0.15) is 0 Å². The van der Waals surface area contributed by atoms with Crippen LogP contribution in [0.3, 0.4) is 0 Å². The third-order valence-corrected chi connectivity index (χ3v) is 4.58. The predicted molar refractivity (Wildman–Crippen MR) is 83.9 cm³/mol. The normalized spacial score (nSPS) is 22.5. The molecule has 1 aromatic heterocycles. The topological polar surface area (TPSA) is 46.6 Å². The van der Waals surface area contributed by atoms with Crippen molar-refractivity contribution in [2.45, 2.75) is 45.2 Å². The summed E-state index contributed by atoms with van der Waals surface area (Å²) in [5, 5.41) is 1.94. The van der Waals surface area contributed by atoms with Gasteiger partial charge in [-0.25, -0.2) is 4.79 Å². The van der Waals surface area contributed by atoms with Gasteiger partial charge in [-0.15, -0.1) is 11.3 Å². The van der Waals surface area contributed by atoms with Crippen LogP contribution in [0.1, 0.15) is 38.0 Å². The minimum absolute atomic E-state index is 0.104. The monoisotopic (exact) mass is 307 g/mol. The van der Waals surface area contributed by atoms with E-state index in [-0.39, 0.29) is 24.6 Å². The summed E-state index contributed by atoms with van der Waals surface area (Å²) in [5.41, 5.74) is 0. The fourth-order valence-corrected chi connectivity index (χ4v) is 3.32. The van der Waals surface area contributed by atoms with Crippen LogP contribution in [0.15, 0.2) is 23.6 Å². The van der Waals surface area contributed by atoms with Crippen molar-refractivity contribution in [3.05, 3.63) is 28.5 Å². The van der Waals surface area contributed by atoms with Gasteiger partial charge >= 0.3 is 5.97 Å². The first-order valence-corrected chi connectivity index (χ1v) is 8.15. The molecule has 0 N–H and O–H groups in total. The lowest BCUT2D eigenvalue weighted by atomic mass is 9.97. The third kappa shape index (κ3) is 4.43. The summed E-state index contributed by atoms with van der Waals surface area (Å²) in [6.07, 6.45) is 6.24. The van der Waals surface area contributed by atoms with E-state index in [4.69, 9.17) is 4.74 Å². The van der Waals surface area contributed by atoms with Gasteiger partial charge in [0.05, 0.1) is 0 Å². The number of piperidine rings is 1. The smallest absolute Gasteiger partial charge is 0.331 e. The molecule has 0 bridgehead atoms. The summed E-state index contributed by atoms with van der Waals surface area (Å²) >= 11 is 1.54. The molecule has 1 fully saturated rings. The predicted octanol–water partition coefficient (Wildman–Crippen LogP) is 3.09. The van der Waals surface area contributed by atoms with Gasteiger partial charge < -0.3 is 9.64 Å². The van der Waals surface area contributed by atoms with E-state index < -0.39 is 5.97 Å². The van der Waals surface area contributed by atoms with Gasteiger partial charge in [-0.1, -0.05) is 6.07 Å². The van der Waals surface area contributed by atoms with Crippen molar-refractivity contribution in [2.75, 3.05) is 6.61 Å². The number of carbonyl (C=O) groups excluding carboxylic acids is 2. The maximum Gasteiger partial charge on any atom is 0.331 e. The van der Waals surface area contributed by atoms with Crippen molar-refractivity contribution in [3.63, 3.8) is 0 Å². The van der Waals surface area contributed by atoms with E-state index in [1.54, 1.807) is 17.4 Å². The molecule has 1 amide bonds. The van der Waals surface area contributed by atoms with Gasteiger partial charge in [-0.3, -0.25) is 4.79 Å². The molecular weight excluding hydrogens is 286 g/mol. The summed E-state index contributed by atoms with van der Waals surface area (Å²) in [4.78, 5) is 26.6. The molecule has 2 atom stereocenters. The number of hydrogen-bond donors (Lipinski definition) is 0. The average Bonchev–Trinajstić information content (AvgIpc) is 2.96. The summed E-state index contributed by atoms with van der Waals surface area (Å²) in [6, 6.07) is 4.28. The van der Waals surface area contributed by atoms with Crippen LogP contribution >= 0.6 is 11.3 Å². The van der Waals surface area contributed by atoms with Crippen LogP contribution in [0.4, 0.5) is 0 Å². The fraction of sp³-hybridized carbons (Fsp3) is 0.500. The van der Waals surface area contributed by atoms with E-state index in [1.165, 1.54) is 6.08 Å². The highest BCUT2D eigenvalue weighted by atomic mass is 32.1. The number of hydrogen-bond acceptors (Lipinski definition) is 4. The van der Waals surface area contributed by atoms with Crippen molar-refractivity contribution in [1.82, 2.24) is 4.90 Å². The van der Waals surface area contributed by atoms with E-state index in [9.17, 15) is 9.59 Å². The van der Waals surface area contributed by atoms with Crippen LogP contribution < -0.4 is 0 Å². The van der Waals surface area contributed by atoms with E-state index in [2.05, 4.69) is 0 Å². The number of rotatable bonds is 4. The molecule has 114 valence electrons. The van der Waals surface area contributed by atoms with Crippen LogP contribution in [0, 0.1) is 0 Å². The Balaban J connectivity index is 1.81. The van der Waals surface area contributed by atoms with E-state index in [1.807, 2.05) is 36.3 Å². The standard InChI is InChI=1S/C16H21NO3S/c1-12-5-3-6-13(2)17(12)15(18)11-20-16(19)9-8-14-7-4-10-21-14/h4,7-10,12-13H,3,5-6,11H2,1-2H3. The molecule has 21 heavy (non-hydrogen) atoms. The molecule has 0 aliphatic carbocycles. The molecule has 2 rings (SSSR count). The zero-order chi connectivity index (χ0) is 15.2. The Morgan fingerprint density at radius 1 is 1.38 bits per heavy atom. The first-order valence-electron chi connectivity index (χ1n) is 7.27. The molecule has 2 heterocycles. The summed E-state index contributed by atoms with van der Waals surface area (Å²) in [6.45, 7) is 3.92. The molecule has 4 nitrogen and oxygen atoms in total. The largest absolute Gasteiger partial charge is 0.452 e. The Morgan fingerprint density at radius 2 is 2.10 bits per heavy atom. The highest BCUT2D eigenvalue weighted by molar-refractivity contribution is 7.10. The second-order valence-electron chi connectivity index (χ2n) is 5.39. The molecule has 5 heteroatoms. The molecule has 1 aliphatic heterocycles. The van der Waals surface area contributed by atoms with Crippen LogP contribution in [0.2, 0.25) is 0 Å². The van der Waals surface area contributed by atoms with Crippen LogP contribution in [0.25, 0.3) is 6.08 Å². The Bertz CT molecular complexity index is 500. The van der Waals surface area contributed by atoms with E-state index >= 15 is 0 Å². The van der Waals surface area contributed by atoms with Crippen molar-refractivity contribution < 1.29 is 14.3 Å². The second kappa shape index (κ2) is 7.41. The first kappa shape index (κ1) is 15.8. The van der Waals surface area contributed by atoms with Gasteiger partial charge in [0.15, 0.2) is 6.61 Å². The van der Waals surface area contributed by atoms with Gasteiger partial charge in [0.2, 0.25) is 0 Å². The quantitative estimate of drug-likeness (QED) is 0.634. The fourth-order valence-electron chi connectivity index (χ4n) is 2.70.